The van der Waals surface area contributed by atoms with E-state index in [-0.39, 0.29) is 62.2 Å². The van der Waals surface area contributed by atoms with Crippen molar-refractivity contribution in [3.63, 3.8) is 0 Å². The normalized spacial score (nSPS) is 11.8. The third kappa shape index (κ3) is 65.6. The van der Waals surface area contributed by atoms with E-state index in [1.165, 1.54) is 173 Å². The Morgan fingerprint density at radius 3 is 0.643 bits per heavy atom. The van der Waals surface area contributed by atoms with Crippen LogP contribution in [0, 0.1) is 0 Å². The number of hydrogen-bond donors (Lipinski definition) is 0. The molecule has 0 aromatic rings. The molecule has 0 N–H and O–H groups in total. The van der Waals surface area contributed by atoms with Crippen molar-refractivity contribution in [3.05, 3.63) is 36.5 Å². The molecule has 490 valence electrons. The lowest BCUT2D eigenvalue weighted by atomic mass is 10.1. The molecule has 1 unspecified atom stereocenters. The maximum Gasteiger partial charge on any atom is 0.306 e. The van der Waals surface area contributed by atoms with E-state index in [1.807, 2.05) is 20.8 Å². The van der Waals surface area contributed by atoms with Gasteiger partial charge in [-0.3, -0.25) is 28.8 Å². The van der Waals surface area contributed by atoms with Crippen LogP contribution in [-0.2, 0) is 57.2 Å². The van der Waals surface area contributed by atoms with Gasteiger partial charge >= 0.3 is 35.8 Å². The van der Waals surface area contributed by atoms with E-state index in [4.69, 9.17) is 28.4 Å². The summed E-state index contributed by atoms with van der Waals surface area (Å²) in [5, 5.41) is 0. The second-order valence-electron chi connectivity index (χ2n) is 23.2. The van der Waals surface area contributed by atoms with Gasteiger partial charge in [-0.2, -0.15) is 0 Å². The Balaban J connectivity index is 0. The monoisotopic (exact) mass is 1190 g/mol. The summed E-state index contributed by atoms with van der Waals surface area (Å²) in [4.78, 5) is 72.2. The Hall–Kier alpha value is -3.96. The quantitative estimate of drug-likeness (QED) is 0.0246. The number of allylic oxidation sites excluding steroid dienone is 6. The van der Waals surface area contributed by atoms with E-state index in [2.05, 4.69) is 57.2 Å². The van der Waals surface area contributed by atoms with E-state index in [0.717, 1.165) is 77.0 Å². The second-order valence-corrected chi connectivity index (χ2v) is 23.2. The number of unbranched alkanes of at least 4 members (excludes halogenated alkanes) is 33. The van der Waals surface area contributed by atoms with Crippen LogP contribution in [0.5, 0.6) is 0 Å². The first kappa shape index (κ1) is 82.1. The molecule has 0 spiro atoms. The molecule has 0 heterocycles. The van der Waals surface area contributed by atoms with Gasteiger partial charge in [0.15, 0.2) is 12.2 Å². The van der Waals surface area contributed by atoms with Gasteiger partial charge in [-0.05, 0) is 116 Å². The second kappa shape index (κ2) is 68.2. The smallest absolute Gasteiger partial charge is 0.306 e. The van der Waals surface area contributed by atoms with Crippen LogP contribution < -0.4 is 0 Å². The maximum absolute atomic E-state index is 12.5. The van der Waals surface area contributed by atoms with Crippen molar-refractivity contribution in [3.8, 4) is 0 Å². The van der Waals surface area contributed by atoms with E-state index in [1.54, 1.807) is 0 Å². The zero-order valence-corrected chi connectivity index (χ0v) is 55.3. The number of esters is 6. The van der Waals surface area contributed by atoms with Gasteiger partial charge in [0.2, 0.25) is 0 Å². The van der Waals surface area contributed by atoms with Crippen molar-refractivity contribution in [1.29, 1.82) is 0 Å². The van der Waals surface area contributed by atoms with Gasteiger partial charge < -0.3 is 28.4 Å². The Bertz CT molecular complexity index is 1570. The lowest BCUT2D eigenvalue weighted by Gasteiger charge is -2.18. The minimum Gasteiger partial charge on any atom is -0.462 e. The molecule has 0 saturated carbocycles. The molecule has 84 heavy (non-hydrogen) atoms. The highest BCUT2D eigenvalue weighted by Crippen LogP contribution is 2.16. The molecule has 0 saturated heterocycles. The fraction of sp³-hybridized carbons (Fsp3) is 0.833. The number of hydrogen-bond acceptors (Lipinski definition) is 12. The molecular formula is C72H130O12. The van der Waals surface area contributed by atoms with E-state index < -0.39 is 12.2 Å². The SMILES string of the molecule is CCCCCCCC/C=C\CCCCCCCC(=O)OC(COC(=O)CCC)COC(=O)CCC.CCCCCCCC/C=C\CCCCCCCC(=O)OCC(COC(=O)CCC)OC(=O)CCCCCCC/C=C\CCCCCCCC. The Kier molecular flexibility index (Phi) is 66.6. The predicted molar refractivity (Wildman–Crippen MR) is 347 cm³/mol. The van der Waals surface area contributed by atoms with Crippen LogP contribution in [0.4, 0.5) is 0 Å². The summed E-state index contributed by atoms with van der Waals surface area (Å²) >= 11 is 0. The van der Waals surface area contributed by atoms with Crippen LogP contribution in [0.15, 0.2) is 36.5 Å². The topological polar surface area (TPSA) is 158 Å². The van der Waals surface area contributed by atoms with Crippen LogP contribution in [0.2, 0.25) is 0 Å². The fourth-order valence-electron chi connectivity index (χ4n) is 9.39. The molecule has 1 atom stereocenters. The minimum absolute atomic E-state index is 0.0819. The first-order chi connectivity index (χ1) is 41.1. The molecule has 0 aliphatic rings. The molecule has 0 aromatic heterocycles. The molecule has 0 amide bonds. The number of carbonyl (C=O) groups excluding carboxylic acids is 6. The highest BCUT2D eigenvalue weighted by atomic mass is 16.6. The Morgan fingerprint density at radius 2 is 0.417 bits per heavy atom. The summed E-state index contributed by atoms with van der Waals surface area (Å²) in [5.74, 6) is -1.99. The van der Waals surface area contributed by atoms with Gasteiger partial charge in [0.05, 0.1) is 0 Å². The lowest BCUT2D eigenvalue weighted by molar-refractivity contribution is -0.167. The highest BCUT2D eigenvalue weighted by Gasteiger charge is 2.21. The first-order valence-corrected chi connectivity index (χ1v) is 35.0. The summed E-state index contributed by atoms with van der Waals surface area (Å²) in [5.41, 5.74) is 0. The average molecular weight is 1190 g/mol. The highest BCUT2D eigenvalue weighted by molar-refractivity contribution is 5.72. The zero-order chi connectivity index (χ0) is 61.9. The van der Waals surface area contributed by atoms with Crippen molar-refractivity contribution in [2.75, 3.05) is 26.4 Å². The molecular weight excluding hydrogens is 1060 g/mol. The average Bonchev–Trinajstić information content (AvgIpc) is 3.48. The molecule has 0 aliphatic heterocycles. The fourth-order valence-corrected chi connectivity index (χ4v) is 9.39. The van der Waals surface area contributed by atoms with E-state index >= 15 is 0 Å². The summed E-state index contributed by atoms with van der Waals surface area (Å²) < 4.78 is 32.0. The molecule has 12 heteroatoms. The number of carbonyl (C=O) groups is 6. The van der Waals surface area contributed by atoms with Gasteiger partial charge in [0.1, 0.15) is 26.4 Å². The first-order valence-electron chi connectivity index (χ1n) is 35.0. The molecule has 0 radical (unpaired) electrons. The van der Waals surface area contributed by atoms with E-state index in [9.17, 15) is 28.8 Å². The Morgan fingerprint density at radius 1 is 0.226 bits per heavy atom. The van der Waals surface area contributed by atoms with Crippen LogP contribution in [0.3, 0.4) is 0 Å². The molecule has 0 bridgehead atoms. The molecule has 12 nitrogen and oxygen atoms in total. The summed E-state index contributed by atoms with van der Waals surface area (Å²) in [7, 11) is 0. The third-order valence-corrected chi connectivity index (χ3v) is 14.6. The van der Waals surface area contributed by atoms with E-state index in [0.29, 0.717) is 57.8 Å². The largest absolute Gasteiger partial charge is 0.462 e. The van der Waals surface area contributed by atoms with Crippen molar-refractivity contribution < 1.29 is 57.2 Å². The summed E-state index contributed by atoms with van der Waals surface area (Å²) in [6.45, 7) is 12.1. The molecule has 0 fully saturated rings. The minimum atomic E-state index is -0.769. The number of rotatable bonds is 61. The van der Waals surface area contributed by atoms with Crippen LogP contribution in [0.1, 0.15) is 350 Å². The van der Waals surface area contributed by atoms with Gasteiger partial charge in [0, 0.05) is 38.5 Å². The standard InChI is InChI=1S/C43H78O6.C29H52O6/c1-4-7-9-11-13-15-17-19-21-23-25-27-29-31-33-36-42(45)48-39-40(38-47-41(44)35-6-3)49-43(46)37-34-32-30-28-26-24-22-20-18-16-14-12-10-8-5-2;1-4-7-8-9-10-11-12-13-14-15-16-17-18-19-20-23-29(32)35-26(24-33-27(30)21-5-2)25-34-28(31)22-6-3/h19-22,40H,4-18,23-39H2,1-3H3;13-14,26H,4-12,15-25H2,1-3H3/b21-19-,22-20-;14-13-. The van der Waals surface area contributed by atoms with Crippen LogP contribution in [0.25, 0.3) is 0 Å². The molecule has 0 rings (SSSR count). The lowest BCUT2D eigenvalue weighted by Crippen LogP contribution is -2.30. The summed E-state index contributed by atoms with van der Waals surface area (Å²) in [6.07, 6.45) is 63.3. The van der Waals surface area contributed by atoms with Gasteiger partial charge in [-0.1, -0.05) is 232 Å². The van der Waals surface area contributed by atoms with Crippen molar-refractivity contribution >= 4 is 35.8 Å². The van der Waals surface area contributed by atoms with Gasteiger partial charge in [-0.15, -0.1) is 0 Å². The van der Waals surface area contributed by atoms with Crippen LogP contribution in [-0.4, -0.2) is 74.5 Å². The Labute approximate surface area is 515 Å². The van der Waals surface area contributed by atoms with Crippen molar-refractivity contribution in [1.82, 2.24) is 0 Å². The summed E-state index contributed by atoms with van der Waals surface area (Å²) in [6, 6.07) is 0. The molecule has 0 aromatic carbocycles. The number of ether oxygens (including phenoxy) is 6. The zero-order valence-electron chi connectivity index (χ0n) is 55.3. The van der Waals surface area contributed by atoms with Crippen molar-refractivity contribution in [2.24, 2.45) is 0 Å². The molecule has 0 aliphatic carbocycles. The van der Waals surface area contributed by atoms with Gasteiger partial charge in [-0.25, -0.2) is 0 Å². The van der Waals surface area contributed by atoms with Crippen LogP contribution >= 0.6 is 0 Å². The van der Waals surface area contributed by atoms with Crippen molar-refractivity contribution in [2.45, 2.75) is 362 Å². The third-order valence-electron chi connectivity index (χ3n) is 14.6. The van der Waals surface area contributed by atoms with Gasteiger partial charge in [0.25, 0.3) is 0 Å². The predicted octanol–water partition coefficient (Wildman–Crippen LogP) is 20.5. The maximum atomic E-state index is 12.5.